The quantitative estimate of drug-likeness (QED) is 0.472. The Morgan fingerprint density at radius 2 is 1.80 bits per heavy atom. The fourth-order valence-corrected chi connectivity index (χ4v) is 2.47. The molecule has 7 nitrogen and oxygen atoms in total. The van der Waals surface area contributed by atoms with Gasteiger partial charge in [-0.05, 0) is 12.1 Å². The molecule has 0 saturated carbocycles. The Kier molecular flexibility index (Phi) is 5.13. The van der Waals surface area contributed by atoms with Crippen LogP contribution in [0.25, 0.3) is 0 Å². The molecule has 2 rings (SSSR count). The van der Waals surface area contributed by atoms with Crippen LogP contribution in [0.3, 0.4) is 0 Å². The first-order valence-corrected chi connectivity index (χ1v) is 7.13. The van der Waals surface area contributed by atoms with Gasteiger partial charge in [-0.25, -0.2) is 0 Å². The number of rotatable bonds is 3. The molecule has 1 aromatic carbocycles. The molecule has 0 bridgehead atoms. The number of piperazine rings is 1. The number of halogens is 3. The van der Waals surface area contributed by atoms with Gasteiger partial charge in [-0.2, -0.15) is 23.7 Å². The van der Waals surface area contributed by atoms with E-state index in [1.165, 1.54) is 6.20 Å². The predicted molar refractivity (Wildman–Crippen MR) is 81.2 cm³/mol. The van der Waals surface area contributed by atoms with Gasteiger partial charge in [0.15, 0.2) is 0 Å². The lowest BCUT2D eigenvalue weighted by molar-refractivity contribution is -0.384. The number of hydrogen-bond acceptors (Lipinski definition) is 6. The molecule has 1 heterocycles. The Labute approximate surface area is 140 Å². The molecule has 0 unspecified atom stereocenters. The van der Waals surface area contributed by atoms with Crippen molar-refractivity contribution >= 4 is 11.4 Å². The van der Waals surface area contributed by atoms with E-state index in [4.69, 9.17) is 10.5 Å². The molecule has 1 aromatic rings. The molecule has 1 fully saturated rings. The number of nitro groups is 1. The number of hydrogen-bond donors (Lipinski definition) is 0. The lowest BCUT2D eigenvalue weighted by Gasteiger charge is -2.35. The van der Waals surface area contributed by atoms with Gasteiger partial charge in [-0.15, -0.1) is 0 Å². The smallest absolute Gasteiger partial charge is 0.372 e. The highest BCUT2D eigenvalue weighted by Crippen LogP contribution is 2.36. The third kappa shape index (κ3) is 4.18. The molecule has 0 spiro atoms. The Bertz CT molecular complexity index is 768. The molecule has 0 atom stereocenters. The maximum Gasteiger partial charge on any atom is 0.416 e. The van der Waals surface area contributed by atoms with Crippen LogP contribution in [0, 0.1) is 32.8 Å². The van der Waals surface area contributed by atoms with Gasteiger partial charge < -0.3 is 9.80 Å². The average molecular weight is 351 g/mol. The molecular formula is C15H12F3N5O2. The Hall–Kier alpha value is -3.27. The summed E-state index contributed by atoms with van der Waals surface area (Å²) in [6, 6.07) is 5.92. The van der Waals surface area contributed by atoms with Crippen LogP contribution in [0.15, 0.2) is 30.0 Å². The minimum absolute atomic E-state index is 0.0611. The number of nitro benzene ring substituents is 1. The molecule has 10 heteroatoms. The summed E-state index contributed by atoms with van der Waals surface area (Å²) in [6.45, 7) is 1.38. The summed E-state index contributed by atoms with van der Waals surface area (Å²) in [7, 11) is 0. The second-order valence-electron chi connectivity index (χ2n) is 5.25. The van der Waals surface area contributed by atoms with Crippen LogP contribution < -0.4 is 4.90 Å². The van der Waals surface area contributed by atoms with Crippen LogP contribution in [0.5, 0.6) is 0 Å². The number of nitrogens with zero attached hydrogens (tertiary/aromatic N) is 5. The lowest BCUT2D eigenvalue weighted by atomic mass is 10.1. The topological polar surface area (TPSA) is 97.2 Å². The number of anilines is 1. The van der Waals surface area contributed by atoms with E-state index in [1.54, 1.807) is 21.9 Å². The maximum atomic E-state index is 12.7. The third-order valence-corrected chi connectivity index (χ3v) is 3.71. The first kappa shape index (κ1) is 18.1. The molecule has 1 saturated heterocycles. The molecule has 0 radical (unpaired) electrons. The molecule has 1 aliphatic rings. The van der Waals surface area contributed by atoms with Gasteiger partial charge in [0.05, 0.1) is 10.5 Å². The van der Waals surface area contributed by atoms with E-state index in [2.05, 4.69) is 0 Å². The summed E-state index contributed by atoms with van der Waals surface area (Å²) < 4.78 is 38.2. The van der Waals surface area contributed by atoms with Crippen molar-refractivity contribution in [1.29, 1.82) is 10.5 Å². The highest BCUT2D eigenvalue weighted by molar-refractivity contribution is 5.65. The summed E-state index contributed by atoms with van der Waals surface area (Å²) >= 11 is 0. The van der Waals surface area contributed by atoms with Gasteiger partial charge in [0.1, 0.15) is 23.4 Å². The highest BCUT2D eigenvalue weighted by Gasteiger charge is 2.34. The molecule has 1 aliphatic heterocycles. The van der Waals surface area contributed by atoms with E-state index in [0.717, 1.165) is 12.1 Å². The molecule has 0 aliphatic carbocycles. The van der Waals surface area contributed by atoms with Gasteiger partial charge in [-0.3, -0.25) is 10.1 Å². The van der Waals surface area contributed by atoms with Gasteiger partial charge in [-0.1, -0.05) is 0 Å². The standard InChI is InChI=1S/C15H12F3N5O2/c16-15(17,18)12-1-2-13(14(7-12)23(24)25)22-5-3-21(4-6-22)10-11(8-19)9-20/h1-2,7,10H,3-6H2. The van der Waals surface area contributed by atoms with Crippen molar-refractivity contribution in [2.75, 3.05) is 31.1 Å². The lowest BCUT2D eigenvalue weighted by Crippen LogP contribution is -2.44. The highest BCUT2D eigenvalue weighted by atomic mass is 19.4. The van der Waals surface area contributed by atoms with E-state index in [1.807, 2.05) is 0 Å². The first-order chi connectivity index (χ1) is 11.8. The summed E-state index contributed by atoms with van der Waals surface area (Å²) in [5, 5.41) is 28.6. The van der Waals surface area contributed by atoms with Crippen molar-refractivity contribution in [2.45, 2.75) is 6.18 Å². The monoisotopic (exact) mass is 351 g/mol. The summed E-state index contributed by atoms with van der Waals surface area (Å²) in [5.74, 6) is 0. The summed E-state index contributed by atoms with van der Waals surface area (Å²) in [6.07, 6.45) is -3.25. The van der Waals surface area contributed by atoms with Crippen molar-refractivity contribution in [1.82, 2.24) is 4.90 Å². The normalized spacial score (nSPS) is 14.4. The third-order valence-electron chi connectivity index (χ3n) is 3.71. The molecule has 25 heavy (non-hydrogen) atoms. The van der Waals surface area contributed by atoms with Crippen LogP contribution >= 0.6 is 0 Å². The number of nitriles is 2. The molecule has 130 valence electrons. The molecule has 0 amide bonds. The fourth-order valence-electron chi connectivity index (χ4n) is 2.47. The minimum atomic E-state index is -4.65. The van der Waals surface area contributed by atoms with Crippen LogP contribution in [0.1, 0.15) is 5.56 Å². The molecular weight excluding hydrogens is 339 g/mol. The first-order valence-electron chi connectivity index (χ1n) is 7.13. The Morgan fingerprint density at radius 1 is 1.20 bits per heavy atom. The fraction of sp³-hybridized carbons (Fsp3) is 0.333. The van der Waals surface area contributed by atoms with Crippen LogP contribution in [0.2, 0.25) is 0 Å². The Balaban J connectivity index is 2.21. The van der Waals surface area contributed by atoms with Crippen LogP contribution in [0.4, 0.5) is 24.5 Å². The molecule has 0 aromatic heterocycles. The van der Waals surface area contributed by atoms with Gasteiger partial charge in [0.25, 0.3) is 5.69 Å². The van der Waals surface area contributed by atoms with E-state index >= 15 is 0 Å². The van der Waals surface area contributed by atoms with E-state index in [-0.39, 0.29) is 11.3 Å². The summed E-state index contributed by atoms with van der Waals surface area (Å²) in [4.78, 5) is 13.6. The maximum absolute atomic E-state index is 12.7. The van der Waals surface area contributed by atoms with Crippen molar-refractivity contribution in [2.24, 2.45) is 0 Å². The van der Waals surface area contributed by atoms with Crippen molar-refractivity contribution in [3.63, 3.8) is 0 Å². The second-order valence-corrected chi connectivity index (χ2v) is 5.25. The zero-order chi connectivity index (χ0) is 18.6. The number of alkyl halides is 3. The van der Waals surface area contributed by atoms with Crippen molar-refractivity contribution in [3.8, 4) is 12.1 Å². The van der Waals surface area contributed by atoms with E-state index in [9.17, 15) is 23.3 Å². The van der Waals surface area contributed by atoms with Gasteiger partial charge in [0, 0.05) is 38.4 Å². The molecule has 0 N–H and O–H groups in total. The second kappa shape index (κ2) is 7.09. The largest absolute Gasteiger partial charge is 0.416 e. The predicted octanol–water partition coefficient (Wildman–Crippen LogP) is 2.67. The van der Waals surface area contributed by atoms with Crippen LogP contribution in [-0.4, -0.2) is 36.0 Å². The minimum Gasteiger partial charge on any atom is -0.372 e. The zero-order valence-electron chi connectivity index (χ0n) is 12.8. The number of benzene rings is 1. The number of allylic oxidation sites excluding steroid dienone is 1. The van der Waals surface area contributed by atoms with Crippen molar-refractivity contribution < 1.29 is 18.1 Å². The van der Waals surface area contributed by atoms with Crippen LogP contribution in [-0.2, 0) is 6.18 Å². The average Bonchev–Trinajstić information content (AvgIpc) is 2.58. The summed E-state index contributed by atoms with van der Waals surface area (Å²) in [5.41, 5.74) is -1.62. The zero-order valence-corrected chi connectivity index (χ0v) is 12.8. The van der Waals surface area contributed by atoms with Gasteiger partial charge >= 0.3 is 6.18 Å². The van der Waals surface area contributed by atoms with E-state index in [0.29, 0.717) is 32.2 Å². The van der Waals surface area contributed by atoms with E-state index < -0.39 is 22.4 Å². The Morgan fingerprint density at radius 3 is 2.28 bits per heavy atom. The van der Waals surface area contributed by atoms with Gasteiger partial charge in [0.2, 0.25) is 0 Å². The SMILES string of the molecule is N#CC(C#N)=CN1CCN(c2ccc(C(F)(F)F)cc2[N+](=O)[O-])CC1. The van der Waals surface area contributed by atoms with Crippen molar-refractivity contribution in [3.05, 3.63) is 45.6 Å².